The molecule has 0 aliphatic carbocycles. The second kappa shape index (κ2) is 6.51. The molecular weight excluding hydrogens is 280 g/mol. The van der Waals surface area contributed by atoms with Gasteiger partial charge >= 0.3 is 5.97 Å². The van der Waals surface area contributed by atoms with Crippen molar-refractivity contribution < 1.29 is 19.7 Å². The summed E-state index contributed by atoms with van der Waals surface area (Å²) in [4.78, 5) is 15.3. The Labute approximate surface area is 101 Å². The Kier molecular flexibility index (Phi) is 5.30. The van der Waals surface area contributed by atoms with Crippen molar-refractivity contribution in [3.63, 3.8) is 0 Å². The van der Waals surface area contributed by atoms with Crippen molar-refractivity contribution in [3.05, 3.63) is 17.8 Å². The van der Waals surface area contributed by atoms with E-state index < -0.39 is 0 Å². The largest absolute Gasteiger partial charge is 0.406 e. The molecule has 1 atom stereocenters. The van der Waals surface area contributed by atoms with E-state index >= 15 is 0 Å². The predicted molar refractivity (Wildman–Crippen MR) is 58.0 cm³/mol. The highest BCUT2D eigenvalue weighted by atomic mass is 79.9. The number of carbonyl (C=O) groups excluding carboxylic acids is 1. The van der Waals surface area contributed by atoms with E-state index in [1.54, 1.807) is 13.0 Å². The van der Waals surface area contributed by atoms with E-state index in [1.165, 1.54) is 6.07 Å². The molecule has 0 radical (unpaired) electrons. The van der Waals surface area contributed by atoms with Gasteiger partial charge in [0, 0.05) is 11.4 Å². The third-order valence-electron chi connectivity index (χ3n) is 1.75. The molecule has 0 aromatic carbocycles. The average Bonchev–Trinajstić information content (AvgIpc) is 2.31. The van der Waals surface area contributed by atoms with Gasteiger partial charge in [0.05, 0.1) is 11.6 Å². The molecule has 0 saturated heterocycles. The average molecular weight is 291 g/mol. The summed E-state index contributed by atoms with van der Waals surface area (Å²) >= 11 is 3.18. The normalized spacial score (nSPS) is 12.2. The van der Waals surface area contributed by atoms with Crippen LogP contribution in [0.5, 0.6) is 5.88 Å². The van der Waals surface area contributed by atoms with Crippen molar-refractivity contribution in [2.45, 2.75) is 13.5 Å². The number of alkyl halides is 1. The lowest BCUT2D eigenvalue weighted by Crippen LogP contribution is -2.19. The number of aromatic nitrogens is 2. The summed E-state index contributed by atoms with van der Waals surface area (Å²) in [5, 5.41) is 16.0. The Morgan fingerprint density at radius 1 is 1.56 bits per heavy atom. The first kappa shape index (κ1) is 13.0. The molecule has 1 aromatic rings. The number of rotatable bonds is 5. The van der Waals surface area contributed by atoms with E-state index in [-0.39, 0.29) is 24.4 Å². The summed E-state index contributed by atoms with van der Waals surface area (Å²) in [6, 6.07) is 3.03. The molecule has 0 saturated carbocycles. The highest BCUT2D eigenvalue weighted by Gasteiger charge is 2.14. The van der Waals surface area contributed by atoms with Gasteiger partial charge in [-0.3, -0.25) is 10.1 Å². The zero-order valence-corrected chi connectivity index (χ0v) is 10.2. The van der Waals surface area contributed by atoms with Crippen LogP contribution >= 0.6 is 15.9 Å². The van der Waals surface area contributed by atoms with Crippen LogP contribution < -0.4 is 4.74 Å². The van der Waals surface area contributed by atoms with Crippen molar-refractivity contribution in [3.8, 4) is 5.88 Å². The Morgan fingerprint density at radius 2 is 2.31 bits per heavy atom. The minimum absolute atomic E-state index is 0.0565. The second-order valence-electron chi connectivity index (χ2n) is 3.11. The molecule has 1 rings (SSSR count). The van der Waals surface area contributed by atoms with Crippen LogP contribution in [-0.2, 0) is 16.3 Å². The van der Waals surface area contributed by atoms with Crippen molar-refractivity contribution in [1.82, 2.24) is 10.2 Å². The summed E-state index contributed by atoms with van der Waals surface area (Å²) in [5.41, 5.74) is 0.441. The first-order valence-electron chi connectivity index (χ1n) is 4.54. The molecule has 7 heteroatoms. The van der Waals surface area contributed by atoms with Gasteiger partial charge in [-0.1, -0.05) is 22.9 Å². The number of carbonyl (C=O) groups is 1. The molecule has 1 N–H and O–H groups in total. The Morgan fingerprint density at radius 3 is 2.81 bits per heavy atom. The standard InChI is InChI=1S/C9H11BrN2O4/c1-6(4-10)9(13)16-8-3-2-7(5-15-14)11-12-8/h2-3,6,14H,4-5H2,1H3. The molecule has 1 unspecified atom stereocenters. The number of halogens is 1. The first-order chi connectivity index (χ1) is 7.67. The van der Waals surface area contributed by atoms with Crippen LogP contribution in [0.25, 0.3) is 0 Å². The van der Waals surface area contributed by atoms with Crippen molar-refractivity contribution in [2.24, 2.45) is 5.92 Å². The van der Waals surface area contributed by atoms with E-state index in [0.29, 0.717) is 11.0 Å². The zero-order chi connectivity index (χ0) is 12.0. The van der Waals surface area contributed by atoms with Gasteiger partial charge in [0.15, 0.2) is 0 Å². The van der Waals surface area contributed by atoms with Crippen LogP contribution in [0.1, 0.15) is 12.6 Å². The van der Waals surface area contributed by atoms with E-state index in [0.717, 1.165) is 0 Å². The van der Waals surface area contributed by atoms with Crippen LogP contribution in [0, 0.1) is 5.92 Å². The molecule has 0 amide bonds. The van der Waals surface area contributed by atoms with Crippen molar-refractivity contribution in [2.75, 3.05) is 5.33 Å². The van der Waals surface area contributed by atoms with Crippen LogP contribution in [-0.4, -0.2) is 26.8 Å². The molecule has 0 spiro atoms. The SMILES string of the molecule is CC(CBr)C(=O)Oc1ccc(COO)nn1. The van der Waals surface area contributed by atoms with Gasteiger partial charge in [0.1, 0.15) is 6.61 Å². The van der Waals surface area contributed by atoms with E-state index in [4.69, 9.17) is 9.99 Å². The van der Waals surface area contributed by atoms with Gasteiger partial charge in [-0.15, -0.1) is 10.2 Å². The topological polar surface area (TPSA) is 81.5 Å². The van der Waals surface area contributed by atoms with Gasteiger partial charge in [-0.2, -0.15) is 0 Å². The summed E-state index contributed by atoms with van der Waals surface area (Å²) in [7, 11) is 0. The molecule has 0 fully saturated rings. The number of hydrogen-bond acceptors (Lipinski definition) is 6. The summed E-state index contributed by atoms with van der Waals surface area (Å²) < 4.78 is 4.95. The lowest BCUT2D eigenvalue weighted by molar-refractivity contribution is -0.253. The van der Waals surface area contributed by atoms with Gasteiger partial charge in [-0.05, 0) is 6.07 Å². The van der Waals surface area contributed by atoms with E-state index in [2.05, 4.69) is 31.0 Å². The number of hydrogen-bond donors (Lipinski definition) is 1. The second-order valence-corrected chi connectivity index (χ2v) is 3.76. The lowest BCUT2D eigenvalue weighted by atomic mass is 10.2. The molecule has 0 bridgehead atoms. The van der Waals surface area contributed by atoms with Gasteiger partial charge in [0.2, 0.25) is 5.88 Å². The van der Waals surface area contributed by atoms with Crippen LogP contribution in [0.15, 0.2) is 12.1 Å². The molecule has 16 heavy (non-hydrogen) atoms. The third-order valence-corrected chi connectivity index (χ3v) is 2.72. The monoisotopic (exact) mass is 290 g/mol. The minimum atomic E-state index is -0.377. The lowest BCUT2D eigenvalue weighted by Gasteiger charge is -2.06. The fourth-order valence-corrected chi connectivity index (χ4v) is 1.08. The van der Waals surface area contributed by atoms with E-state index in [1.807, 2.05) is 0 Å². The molecule has 1 heterocycles. The zero-order valence-electron chi connectivity index (χ0n) is 8.59. The molecule has 6 nitrogen and oxygen atoms in total. The van der Waals surface area contributed by atoms with Gasteiger partial charge < -0.3 is 4.74 Å². The summed E-state index contributed by atoms with van der Waals surface area (Å²) in [5.74, 6) is -0.501. The molecule has 0 aliphatic rings. The summed E-state index contributed by atoms with van der Waals surface area (Å²) in [6.07, 6.45) is 0. The Bertz CT molecular complexity index is 344. The van der Waals surface area contributed by atoms with Crippen LogP contribution in [0.3, 0.4) is 0 Å². The van der Waals surface area contributed by atoms with Crippen LogP contribution in [0.2, 0.25) is 0 Å². The highest BCUT2D eigenvalue weighted by molar-refractivity contribution is 9.09. The Hall–Kier alpha value is -1.05. The maximum atomic E-state index is 11.4. The smallest absolute Gasteiger partial charge is 0.316 e. The van der Waals surface area contributed by atoms with Crippen LogP contribution in [0.4, 0.5) is 0 Å². The van der Waals surface area contributed by atoms with E-state index in [9.17, 15) is 4.79 Å². The quantitative estimate of drug-likeness (QED) is 0.382. The number of nitrogens with zero attached hydrogens (tertiary/aromatic N) is 2. The first-order valence-corrected chi connectivity index (χ1v) is 5.66. The fraction of sp³-hybridized carbons (Fsp3) is 0.444. The molecular formula is C9H11BrN2O4. The predicted octanol–water partition coefficient (Wildman–Crippen LogP) is 1.40. The number of esters is 1. The molecule has 0 aliphatic heterocycles. The molecule has 88 valence electrons. The summed E-state index contributed by atoms with van der Waals surface area (Å²) in [6.45, 7) is 1.68. The highest BCUT2D eigenvalue weighted by Crippen LogP contribution is 2.09. The van der Waals surface area contributed by atoms with Gasteiger partial charge in [0.25, 0.3) is 0 Å². The third kappa shape index (κ3) is 3.84. The minimum Gasteiger partial charge on any atom is -0.406 e. The fourth-order valence-electron chi connectivity index (χ4n) is 0.812. The van der Waals surface area contributed by atoms with Crippen molar-refractivity contribution in [1.29, 1.82) is 0 Å². The number of ether oxygens (including phenoxy) is 1. The maximum Gasteiger partial charge on any atom is 0.316 e. The van der Waals surface area contributed by atoms with Gasteiger partial charge in [-0.25, -0.2) is 4.89 Å². The molecule has 1 aromatic heterocycles. The van der Waals surface area contributed by atoms with Crippen molar-refractivity contribution >= 4 is 21.9 Å². The maximum absolute atomic E-state index is 11.4. The Balaban J connectivity index is 2.58.